The molecule has 94 valence electrons. The molecule has 0 aromatic heterocycles. The zero-order chi connectivity index (χ0) is 13.4. The lowest BCUT2D eigenvalue weighted by Gasteiger charge is -2.01. The van der Waals surface area contributed by atoms with Gasteiger partial charge in [-0.3, -0.25) is 10.1 Å². The van der Waals surface area contributed by atoms with Crippen LogP contribution in [0, 0.1) is 10.1 Å². The summed E-state index contributed by atoms with van der Waals surface area (Å²) >= 11 is 0. The van der Waals surface area contributed by atoms with Crippen LogP contribution in [0.2, 0.25) is 0 Å². The Morgan fingerprint density at radius 1 is 0.889 bits per heavy atom. The molecule has 4 nitrogen and oxygen atoms in total. The second-order valence-electron chi connectivity index (χ2n) is 3.22. The van der Waals surface area contributed by atoms with Gasteiger partial charge in [-0.25, -0.2) is 0 Å². The summed E-state index contributed by atoms with van der Waals surface area (Å²) in [6, 6.07) is 15.6. The van der Waals surface area contributed by atoms with E-state index in [1.165, 1.54) is 12.1 Å². The van der Waals surface area contributed by atoms with Gasteiger partial charge in [0.05, 0.1) is 4.92 Å². The highest BCUT2D eigenvalue weighted by atomic mass is 16.6. The fourth-order valence-corrected chi connectivity index (χ4v) is 1.30. The minimum Gasteiger partial charge on any atom is -0.546 e. The zero-order valence-corrected chi connectivity index (χ0v) is 10.4. The summed E-state index contributed by atoms with van der Waals surface area (Å²) in [5, 5.41) is 10.4. The third kappa shape index (κ3) is 3.90. The highest BCUT2D eigenvalue weighted by molar-refractivity contribution is 5.37. The van der Waals surface area contributed by atoms with Crippen LogP contribution in [0.25, 0.3) is 0 Å². The van der Waals surface area contributed by atoms with Crippen molar-refractivity contribution in [1.29, 1.82) is 0 Å². The summed E-state index contributed by atoms with van der Waals surface area (Å²) in [5.41, 5.74) is 0.0759. The lowest BCUT2D eigenvalue weighted by atomic mass is 10.3. The average Bonchev–Trinajstić information content (AvgIpc) is 2.43. The standard InChI is InChI=1S/C12H9NO3.C2H6/c14-13(15)10-6-8-12(9-7-10)16-11-4-2-1-3-5-11;1-2/h1-9H;1-2H3/p+1. The van der Waals surface area contributed by atoms with Gasteiger partial charge in [-0.05, 0) is 0 Å². The Morgan fingerprint density at radius 3 is 1.89 bits per heavy atom. The summed E-state index contributed by atoms with van der Waals surface area (Å²) < 4.78 is 4.32. The van der Waals surface area contributed by atoms with Gasteiger partial charge in [-0.2, -0.15) is 0 Å². The largest absolute Gasteiger partial charge is 0.546 e. The Morgan fingerprint density at radius 2 is 1.39 bits per heavy atom. The molecule has 0 aliphatic rings. The van der Waals surface area contributed by atoms with E-state index in [9.17, 15) is 10.1 Å². The number of nitrogens with zero attached hydrogens (tertiary/aromatic N) is 1. The molecular formula is C14H16NO3+. The average molecular weight is 246 g/mol. The molecule has 0 bridgehead atoms. The van der Waals surface area contributed by atoms with Gasteiger partial charge in [0, 0.05) is 36.4 Å². The summed E-state index contributed by atoms with van der Waals surface area (Å²) in [6.45, 7) is 4.00. The number of ether oxygens (including phenoxy) is 1. The van der Waals surface area contributed by atoms with Crippen LogP contribution >= 0.6 is 0 Å². The number of hydrogen-bond donors (Lipinski definition) is 0. The van der Waals surface area contributed by atoms with Crippen LogP contribution < -0.4 is 0 Å². The lowest BCUT2D eigenvalue weighted by molar-refractivity contribution is -0.384. The summed E-state index contributed by atoms with van der Waals surface area (Å²) in [5.74, 6) is 1.54. The molecular weight excluding hydrogens is 230 g/mol. The summed E-state index contributed by atoms with van der Waals surface area (Å²) in [7, 11) is 0. The predicted octanol–water partition coefficient (Wildman–Crippen LogP) is 4.28. The van der Waals surface area contributed by atoms with E-state index in [1.54, 1.807) is 12.1 Å². The number of benzene rings is 2. The molecule has 0 fully saturated rings. The molecule has 2 aromatic rings. The van der Waals surface area contributed by atoms with Gasteiger partial charge in [0.15, 0.2) is 0 Å². The van der Waals surface area contributed by atoms with E-state index >= 15 is 0 Å². The number of aromatic hydroxyl groups is 2. The van der Waals surface area contributed by atoms with E-state index in [2.05, 4.69) is 4.74 Å². The second kappa shape index (κ2) is 7.06. The van der Waals surface area contributed by atoms with Crippen molar-refractivity contribution in [2.75, 3.05) is 0 Å². The normalized spacial score (nSPS) is 9.00. The molecule has 0 atom stereocenters. The number of rotatable bonds is 3. The van der Waals surface area contributed by atoms with Crippen LogP contribution in [0.3, 0.4) is 0 Å². The molecule has 2 rings (SSSR count). The molecule has 0 heterocycles. The topological polar surface area (TPSA) is 55.9 Å². The van der Waals surface area contributed by atoms with Crippen molar-refractivity contribution in [3.05, 3.63) is 64.7 Å². The molecule has 2 aromatic carbocycles. The van der Waals surface area contributed by atoms with Gasteiger partial charge < -0.3 is 4.74 Å². The third-order valence-corrected chi connectivity index (χ3v) is 2.07. The summed E-state index contributed by atoms with van der Waals surface area (Å²) in [6.07, 6.45) is 0. The molecule has 0 saturated heterocycles. The van der Waals surface area contributed by atoms with Crippen molar-refractivity contribution in [3.8, 4) is 11.5 Å². The minimum absolute atomic E-state index is 0.0759. The number of hydrogen-bond acceptors (Lipinski definition) is 2. The maximum Gasteiger partial charge on any atom is 0.270 e. The van der Waals surface area contributed by atoms with Crippen LogP contribution in [0.5, 0.6) is 11.5 Å². The van der Waals surface area contributed by atoms with Crippen molar-refractivity contribution in [1.82, 2.24) is 0 Å². The smallest absolute Gasteiger partial charge is 0.270 e. The van der Waals surface area contributed by atoms with Crippen molar-refractivity contribution in [3.63, 3.8) is 0 Å². The monoisotopic (exact) mass is 246 g/mol. The predicted molar refractivity (Wildman–Crippen MR) is 72.0 cm³/mol. The first-order valence-corrected chi connectivity index (χ1v) is 5.77. The molecule has 0 unspecified atom stereocenters. The van der Waals surface area contributed by atoms with Gasteiger partial charge in [0.1, 0.15) is 0 Å². The maximum atomic E-state index is 10.4. The molecule has 4 heteroatoms. The Hall–Kier alpha value is -2.36. The van der Waals surface area contributed by atoms with Crippen LogP contribution in [0.4, 0.5) is 5.69 Å². The molecule has 0 aliphatic heterocycles. The van der Waals surface area contributed by atoms with Gasteiger partial charge >= 0.3 is 0 Å². The molecule has 0 saturated carbocycles. The van der Waals surface area contributed by atoms with Crippen LogP contribution in [-0.2, 0) is 0 Å². The van der Waals surface area contributed by atoms with Gasteiger partial charge in [0.25, 0.3) is 17.2 Å². The van der Waals surface area contributed by atoms with Crippen molar-refractivity contribution < 1.29 is 9.66 Å². The highest BCUT2D eigenvalue weighted by Crippen LogP contribution is 2.24. The molecule has 18 heavy (non-hydrogen) atoms. The summed E-state index contributed by atoms with van der Waals surface area (Å²) in [4.78, 5) is 10.0. The Kier molecular flexibility index (Phi) is 5.38. The first kappa shape index (κ1) is 13.7. The first-order chi connectivity index (χ1) is 8.75. The maximum absolute atomic E-state index is 10.4. The Bertz CT molecular complexity index is 480. The number of para-hydroxylation sites is 1. The van der Waals surface area contributed by atoms with E-state index in [0.29, 0.717) is 5.75 Å². The van der Waals surface area contributed by atoms with E-state index in [1.807, 2.05) is 44.2 Å². The Balaban J connectivity index is 0.000000771. The quantitative estimate of drug-likeness (QED) is 0.461. The molecule has 0 spiro atoms. The number of non-ortho nitro benzene ring substituents is 1. The number of nitro groups is 1. The van der Waals surface area contributed by atoms with Gasteiger partial charge in [-0.15, -0.1) is 0 Å². The van der Waals surface area contributed by atoms with Crippen molar-refractivity contribution in [2.24, 2.45) is 0 Å². The second-order valence-corrected chi connectivity index (χ2v) is 3.22. The van der Waals surface area contributed by atoms with E-state index < -0.39 is 4.92 Å². The van der Waals surface area contributed by atoms with Crippen molar-refractivity contribution in [2.45, 2.75) is 13.8 Å². The van der Waals surface area contributed by atoms with E-state index in [-0.39, 0.29) is 5.69 Å². The highest BCUT2D eigenvalue weighted by Gasteiger charge is 2.07. The first-order valence-electron chi connectivity index (χ1n) is 5.77. The van der Waals surface area contributed by atoms with E-state index in [0.717, 1.165) is 5.75 Å². The van der Waals surface area contributed by atoms with Crippen LogP contribution in [0.1, 0.15) is 13.8 Å². The lowest BCUT2D eigenvalue weighted by Crippen LogP contribution is -1.86. The van der Waals surface area contributed by atoms with Gasteiger partial charge in [0.2, 0.25) is 0 Å². The van der Waals surface area contributed by atoms with Crippen LogP contribution in [0.15, 0.2) is 54.6 Å². The molecule has 0 radical (unpaired) electrons. The SMILES string of the molecule is CC.O=[N+]([O-])c1ccc([OH+]c2ccccc2)cc1. The Labute approximate surface area is 106 Å². The van der Waals surface area contributed by atoms with Crippen LogP contribution in [-0.4, -0.2) is 9.66 Å². The number of nitro benzene ring substituents is 1. The van der Waals surface area contributed by atoms with Gasteiger partial charge in [-0.1, -0.05) is 32.0 Å². The molecule has 1 N–H and O–H groups in total. The fourth-order valence-electron chi connectivity index (χ4n) is 1.30. The van der Waals surface area contributed by atoms with E-state index in [4.69, 9.17) is 0 Å². The zero-order valence-electron chi connectivity index (χ0n) is 10.4. The fraction of sp³-hybridized carbons (Fsp3) is 0.143. The third-order valence-electron chi connectivity index (χ3n) is 2.07. The molecule has 0 amide bonds. The van der Waals surface area contributed by atoms with Crippen molar-refractivity contribution >= 4 is 5.69 Å². The minimum atomic E-state index is -0.424. The molecule has 0 aliphatic carbocycles.